The van der Waals surface area contributed by atoms with Gasteiger partial charge >= 0.3 is 0 Å². The van der Waals surface area contributed by atoms with Crippen molar-refractivity contribution < 1.29 is 23.9 Å². The predicted molar refractivity (Wildman–Crippen MR) is 153 cm³/mol. The van der Waals surface area contributed by atoms with E-state index in [0.717, 1.165) is 35.5 Å². The lowest BCUT2D eigenvalue weighted by Crippen LogP contribution is -2.46. The van der Waals surface area contributed by atoms with Crippen LogP contribution in [0, 0.1) is 6.92 Å². The van der Waals surface area contributed by atoms with Gasteiger partial charge in [-0.2, -0.15) is 4.37 Å². The molecule has 3 aromatic rings. The van der Waals surface area contributed by atoms with Gasteiger partial charge < -0.3 is 31.2 Å². The van der Waals surface area contributed by atoms with E-state index >= 15 is 0 Å². The molecule has 3 amide bonds. The van der Waals surface area contributed by atoms with E-state index in [1.165, 1.54) is 4.90 Å². The van der Waals surface area contributed by atoms with Crippen molar-refractivity contribution in [3.63, 3.8) is 0 Å². The molecule has 0 saturated carbocycles. The van der Waals surface area contributed by atoms with Crippen molar-refractivity contribution in [1.82, 2.24) is 14.6 Å². The Morgan fingerprint density at radius 1 is 1.23 bits per heavy atom. The van der Waals surface area contributed by atoms with Crippen LogP contribution in [0.3, 0.4) is 0 Å². The van der Waals surface area contributed by atoms with Gasteiger partial charge in [-0.25, -0.2) is 0 Å². The average molecular weight is 566 g/mol. The van der Waals surface area contributed by atoms with Crippen LogP contribution in [0.15, 0.2) is 48.5 Å². The quantitative estimate of drug-likeness (QED) is 0.305. The molecule has 1 saturated heterocycles. The smallest absolute Gasteiger partial charge is 0.270 e. The molecular formula is C29H35N5O5S. The minimum atomic E-state index is -0.993. The predicted octanol–water partition coefficient (Wildman–Crippen LogP) is 3.25. The van der Waals surface area contributed by atoms with Gasteiger partial charge in [0.1, 0.15) is 16.7 Å². The number of nitrogens with one attached hydrogen (secondary N) is 1. The van der Waals surface area contributed by atoms with E-state index in [1.54, 1.807) is 24.3 Å². The maximum Gasteiger partial charge on any atom is 0.270 e. The lowest BCUT2D eigenvalue weighted by molar-refractivity contribution is -0.126. The van der Waals surface area contributed by atoms with E-state index in [4.69, 9.17) is 20.9 Å². The highest BCUT2D eigenvalue weighted by Crippen LogP contribution is 2.30. The summed E-state index contributed by atoms with van der Waals surface area (Å²) >= 11 is 0.793. The van der Waals surface area contributed by atoms with E-state index in [9.17, 15) is 14.4 Å². The number of hydrogen-bond donors (Lipinski definition) is 3. The van der Waals surface area contributed by atoms with Gasteiger partial charge in [0.05, 0.1) is 18.4 Å². The Morgan fingerprint density at radius 3 is 2.62 bits per heavy atom. The van der Waals surface area contributed by atoms with Crippen molar-refractivity contribution in [2.24, 2.45) is 5.73 Å². The number of benzene rings is 2. The fourth-order valence-corrected chi connectivity index (χ4v) is 5.49. The van der Waals surface area contributed by atoms with Crippen LogP contribution < -0.4 is 21.5 Å². The Balaban J connectivity index is 1.72. The third-order valence-electron chi connectivity index (χ3n) is 6.74. The number of carbonyl (C=O) groups excluding carboxylic acids is 3. The van der Waals surface area contributed by atoms with Gasteiger partial charge in [-0.3, -0.25) is 14.4 Å². The molecule has 1 aromatic heterocycles. The Morgan fingerprint density at radius 2 is 2.00 bits per heavy atom. The van der Waals surface area contributed by atoms with Crippen LogP contribution in [0.25, 0.3) is 0 Å². The number of ether oxygens (including phenoxy) is 2. The van der Waals surface area contributed by atoms with Gasteiger partial charge in [-0.05, 0) is 67.9 Å². The number of nitrogens with zero attached hydrogens (tertiary/aromatic N) is 2. The normalized spacial score (nSPS) is 15.4. The van der Waals surface area contributed by atoms with Crippen LogP contribution in [0.1, 0.15) is 62.7 Å². The molecule has 212 valence electrons. The Labute approximate surface area is 237 Å². The molecule has 0 spiro atoms. The monoisotopic (exact) mass is 565 g/mol. The number of anilines is 1. The topological polar surface area (TPSA) is 150 Å². The van der Waals surface area contributed by atoms with Crippen LogP contribution in [0.5, 0.6) is 5.75 Å². The van der Waals surface area contributed by atoms with Crippen molar-refractivity contribution in [3.05, 3.63) is 75.8 Å². The molecule has 0 aliphatic carbocycles. The molecule has 4 rings (SSSR count). The number of rotatable bonds is 12. The van der Waals surface area contributed by atoms with Crippen LogP contribution in [-0.4, -0.2) is 59.4 Å². The largest absolute Gasteiger partial charge is 0.494 e. The lowest BCUT2D eigenvalue weighted by Gasteiger charge is -2.31. The number of carbonyl (C=O) groups is 3. The summed E-state index contributed by atoms with van der Waals surface area (Å²) in [5.41, 5.74) is 14.0. The van der Waals surface area contributed by atoms with Gasteiger partial charge in [-0.15, -0.1) is 0 Å². The molecule has 1 aliphatic heterocycles. The fraction of sp³-hybridized carbons (Fsp3) is 0.379. The molecule has 2 aromatic carbocycles. The molecule has 1 fully saturated rings. The molecule has 5 N–H and O–H groups in total. The van der Waals surface area contributed by atoms with E-state index < -0.39 is 17.9 Å². The van der Waals surface area contributed by atoms with Gasteiger partial charge in [0.25, 0.3) is 11.8 Å². The van der Waals surface area contributed by atoms with Gasteiger partial charge in [0.15, 0.2) is 5.69 Å². The Kier molecular flexibility index (Phi) is 9.73. The highest BCUT2D eigenvalue weighted by Gasteiger charge is 2.35. The Hall–Kier alpha value is -3.96. The highest BCUT2D eigenvalue weighted by atomic mass is 32.1. The third kappa shape index (κ3) is 6.97. The highest BCUT2D eigenvalue weighted by molar-refractivity contribution is 7.09. The molecule has 0 unspecified atom stereocenters. The van der Waals surface area contributed by atoms with Crippen molar-refractivity contribution in [2.75, 3.05) is 32.0 Å². The zero-order valence-electron chi connectivity index (χ0n) is 22.7. The summed E-state index contributed by atoms with van der Waals surface area (Å²) in [6.07, 6.45) is 2.21. The molecule has 40 heavy (non-hydrogen) atoms. The zero-order valence-corrected chi connectivity index (χ0v) is 23.5. The molecule has 10 nitrogen and oxygen atoms in total. The van der Waals surface area contributed by atoms with Crippen LogP contribution in [0.4, 0.5) is 5.69 Å². The lowest BCUT2D eigenvalue weighted by atomic mass is 10.0. The molecule has 2 heterocycles. The van der Waals surface area contributed by atoms with Crippen LogP contribution in [-0.2, 0) is 16.0 Å². The Bertz CT molecular complexity index is 1340. The maximum absolute atomic E-state index is 14.1. The van der Waals surface area contributed by atoms with Gasteiger partial charge in [0, 0.05) is 19.7 Å². The number of amides is 3. The summed E-state index contributed by atoms with van der Waals surface area (Å²) in [5.74, 6) is -1.03. The van der Waals surface area contributed by atoms with Crippen molar-refractivity contribution in [2.45, 2.75) is 45.3 Å². The molecule has 1 aliphatic rings. The number of aromatic nitrogens is 1. The summed E-state index contributed by atoms with van der Waals surface area (Å²) in [5, 5.41) is 2.99. The molecule has 2 atom stereocenters. The standard InChI is InChI=1S/C29H35N5O5S/c1-3-38-21-11-9-20(10-12-21)25(28(36)32-17-22-8-5-15-39-22)34(14-13-19-7-4-6-18(2)16-19)29(37)26-23(30)24(27(31)35)33-40-26/h4,6-7,9-12,16,22,25H,3,5,8,13-15,17,30H2,1-2H3,(H2,31,35)(H,32,36)/t22-,25-/m1/s1. The second kappa shape index (κ2) is 13.4. The molecule has 0 bridgehead atoms. The summed E-state index contributed by atoms with van der Waals surface area (Å²) < 4.78 is 15.3. The van der Waals surface area contributed by atoms with Crippen molar-refractivity contribution in [1.29, 1.82) is 0 Å². The summed E-state index contributed by atoms with van der Waals surface area (Å²) in [6.45, 7) is 5.59. The average Bonchev–Trinajstić information content (AvgIpc) is 3.60. The van der Waals surface area contributed by atoms with Crippen molar-refractivity contribution >= 4 is 34.9 Å². The van der Waals surface area contributed by atoms with E-state index in [-0.39, 0.29) is 34.8 Å². The maximum atomic E-state index is 14.1. The first-order valence-electron chi connectivity index (χ1n) is 13.3. The van der Waals surface area contributed by atoms with Crippen LogP contribution in [0.2, 0.25) is 0 Å². The number of hydrogen-bond acceptors (Lipinski definition) is 8. The SMILES string of the molecule is CCOc1ccc([C@H](C(=O)NC[C@H]2CCCO2)N(CCc2cccc(C)c2)C(=O)c2snc(C(N)=O)c2N)cc1. The van der Waals surface area contributed by atoms with Crippen LogP contribution >= 0.6 is 11.5 Å². The fourth-order valence-electron chi connectivity index (χ4n) is 4.73. The second-order valence-corrected chi connectivity index (χ2v) is 10.4. The summed E-state index contributed by atoms with van der Waals surface area (Å²) in [7, 11) is 0. The van der Waals surface area contributed by atoms with E-state index in [1.807, 2.05) is 38.1 Å². The van der Waals surface area contributed by atoms with Gasteiger partial charge in [-0.1, -0.05) is 42.0 Å². The summed E-state index contributed by atoms with van der Waals surface area (Å²) in [4.78, 5) is 41.3. The van der Waals surface area contributed by atoms with E-state index in [0.29, 0.717) is 37.5 Å². The van der Waals surface area contributed by atoms with E-state index in [2.05, 4.69) is 9.69 Å². The molecule has 11 heteroatoms. The first-order valence-corrected chi connectivity index (χ1v) is 14.1. The minimum absolute atomic E-state index is 0.0564. The first-order chi connectivity index (χ1) is 19.3. The minimum Gasteiger partial charge on any atom is -0.494 e. The number of nitrogen functional groups attached to an aromatic ring is 1. The first kappa shape index (κ1) is 29.0. The second-order valence-electron chi connectivity index (χ2n) is 9.66. The number of aryl methyl sites for hydroxylation is 1. The molecule has 0 radical (unpaired) electrons. The summed E-state index contributed by atoms with van der Waals surface area (Å²) in [6, 6.07) is 14.1. The van der Waals surface area contributed by atoms with Gasteiger partial charge in [0.2, 0.25) is 5.91 Å². The number of nitrogens with two attached hydrogens (primary N) is 2. The van der Waals surface area contributed by atoms with Crippen molar-refractivity contribution in [3.8, 4) is 5.75 Å². The number of primary amides is 1. The zero-order chi connectivity index (χ0) is 28.6. The molecular weight excluding hydrogens is 530 g/mol. The third-order valence-corrected chi connectivity index (χ3v) is 7.59.